The minimum Gasteiger partial charge on any atom is -0.492 e. The second-order valence-corrected chi connectivity index (χ2v) is 5.10. The molecule has 2 heterocycles. The van der Waals surface area contributed by atoms with Crippen molar-refractivity contribution in [3.63, 3.8) is 0 Å². The monoisotopic (exact) mass is 301 g/mol. The maximum atomic E-state index is 11.8. The SMILES string of the molecule is CCOC(=O)N1Cc2ccc(OCCn3cccn3)cc2C1. The van der Waals surface area contributed by atoms with E-state index in [2.05, 4.69) is 5.10 Å². The van der Waals surface area contributed by atoms with Crippen LogP contribution in [0.4, 0.5) is 4.79 Å². The number of aromatic nitrogens is 2. The summed E-state index contributed by atoms with van der Waals surface area (Å²) in [6.45, 7) is 4.65. The summed E-state index contributed by atoms with van der Waals surface area (Å²) in [6, 6.07) is 7.84. The van der Waals surface area contributed by atoms with E-state index < -0.39 is 0 Å². The number of carbonyl (C=O) groups excluding carboxylic acids is 1. The maximum absolute atomic E-state index is 11.8. The van der Waals surface area contributed by atoms with Gasteiger partial charge in [0.2, 0.25) is 0 Å². The average molecular weight is 301 g/mol. The van der Waals surface area contributed by atoms with Gasteiger partial charge in [-0.05, 0) is 36.2 Å². The molecule has 0 radical (unpaired) electrons. The van der Waals surface area contributed by atoms with Crippen LogP contribution in [-0.2, 0) is 24.4 Å². The Balaban J connectivity index is 1.56. The maximum Gasteiger partial charge on any atom is 0.410 e. The number of hydrogen-bond acceptors (Lipinski definition) is 4. The first-order valence-corrected chi connectivity index (χ1v) is 7.40. The standard InChI is InChI=1S/C16H19N3O3/c1-2-21-16(20)18-11-13-4-5-15(10-14(13)12-18)22-9-8-19-7-3-6-17-19/h3-7,10H,2,8-9,11-12H2,1H3. The lowest BCUT2D eigenvalue weighted by Crippen LogP contribution is -2.25. The quantitative estimate of drug-likeness (QED) is 0.851. The molecule has 6 nitrogen and oxygen atoms in total. The molecule has 3 rings (SSSR count). The summed E-state index contributed by atoms with van der Waals surface area (Å²) in [5, 5.41) is 4.13. The number of ether oxygens (including phenoxy) is 2. The summed E-state index contributed by atoms with van der Waals surface area (Å²) in [7, 11) is 0. The van der Waals surface area contributed by atoms with Crippen LogP contribution in [-0.4, -0.2) is 34.0 Å². The molecule has 0 saturated heterocycles. The zero-order chi connectivity index (χ0) is 15.4. The lowest BCUT2D eigenvalue weighted by Gasteiger charge is -2.13. The Morgan fingerprint density at radius 3 is 2.95 bits per heavy atom. The third-order valence-corrected chi connectivity index (χ3v) is 3.57. The topological polar surface area (TPSA) is 56.6 Å². The molecule has 1 aromatic carbocycles. The van der Waals surface area contributed by atoms with Gasteiger partial charge >= 0.3 is 6.09 Å². The Labute approximate surface area is 129 Å². The van der Waals surface area contributed by atoms with E-state index in [4.69, 9.17) is 9.47 Å². The zero-order valence-electron chi connectivity index (χ0n) is 12.6. The van der Waals surface area contributed by atoms with Crippen LogP contribution >= 0.6 is 0 Å². The van der Waals surface area contributed by atoms with Crippen LogP contribution in [0.5, 0.6) is 5.75 Å². The Bertz CT molecular complexity index is 640. The summed E-state index contributed by atoms with van der Waals surface area (Å²) >= 11 is 0. The third kappa shape index (κ3) is 3.21. The highest BCUT2D eigenvalue weighted by Crippen LogP contribution is 2.27. The molecule has 1 amide bonds. The number of nitrogens with zero attached hydrogens (tertiary/aromatic N) is 3. The van der Waals surface area contributed by atoms with Gasteiger partial charge in [-0.1, -0.05) is 6.07 Å². The van der Waals surface area contributed by atoms with Crippen LogP contribution < -0.4 is 4.74 Å². The van der Waals surface area contributed by atoms with E-state index >= 15 is 0 Å². The molecule has 1 aromatic heterocycles. The Kier molecular flexibility index (Phi) is 4.27. The third-order valence-electron chi connectivity index (χ3n) is 3.57. The fourth-order valence-electron chi connectivity index (χ4n) is 2.49. The molecule has 0 unspecified atom stereocenters. The van der Waals surface area contributed by atoms with E-state index in [1.165, 1.54) is 0 Å². The minimum absolute atomic E-state index is 0.264. The van der Waals surface area contributed by atoms with Crippen molar-refractivity contribution in [1.82, 2.24) is 14.7 Å². The molecule has 2 aromatic rings. The van der Waals surface area contributed by atoms with Crippen LogP contribution in [0.3, 0.4) is 0 Å². The van der Waals surface area contributed by atoms with E-state index in [-0.39, 0.29) is 6.09 Å². The van der Waals surface area contributed by atoms with Gasteiger partial charge < -0.3 is 9.47 Å². The molecule has 0 N–H and O–H groups in total. The van der Waals surface area contributed by atoms with Crippen LogP contribution in [0.15, 0.2) is 36.7 Å². The molecule has 1 aliphatic heterocycles. The van der Waals surface area contributed by atoms with E-state index in [9.17, 15) is 4.79 Å². The number of rotatable bonds is 5. The molecule has 0 spiro atoms. The van der Waals surface area contributed by atoms with Crippen molar-refractivity contribution < 1.29 is 14.3 Å². The molecule has 116 valence electrons. The van der Waals surface area contributed by atoms with Gasteiger partial charge in [0.05, 0.1) is 13.2 Å². The molecule has 1 aliphatic rings. The fraction of sp³-hybridized carbons (Fsp3) is 0.375. The number of benzene rings is 1. The van der Waals surface area contributed by atoms with Gasteiger partial charge in [-0.15, -0.1) is 0 Å². The van der Waals surface area contributed by atoms with E-state index in [0.29, 0.717) is 32.8 Å². The average Bonchev–Trinajstić information content (AvgIpc) is 3.16. The summed E-state index contributed by atoms with van der Waals surface area (Å²) in [5.74, 6) is 0.816. The summed E-state index contributed by atoms with van der Waals surface area (Å²) < 4.78 is 12.6. The lowest BCUT2D eigenvalue weighted by molar-refractivity contribution is 0.106. The van der Waals surface area contributed by atoms with Crippen molar-refractivity contribution >= 4 is 6.09 Å². The highest BCUT2D eigenvalue weighted by Gasteiger charge is 2.24. The summed E-state index contributed by atoms with van der Waals surface area (Å²) in [6.07, 6.45) is 3.39. The molecular weight excluding hydrogens is 282 g/mol. The molecule has 0 bridgehead atoms. The van der Waals surface area contributed by atoms with Crippen LogP contribution in [0.1, 0.15) is 18.1 Å². The normalized spacial score (nSPS) is 13.0. The summed E-state index contributed by atoms with van der Waals surface area (Å²) in [5.41, 5.74) is 2.26. The van der Waals surface area contributed by atoms with Crippen molar-refractivity contribution in [2.75, 3.05) is 13.2 Å². The predicted molar refractivity (Wildman–Crippen MR) is 80.4 cm³/mol. The van der Waals surface area contributed by atoms with Gasteiger partial charge in [-0.2, -0.15) is 5.10 Å². The predicted octanol–water partition coefficient (Wildman–Crippen LogP) is 2.43. The first-order valence-electron chi connectivity index (χ1n) is 7.40. The first-order chi connectivity index (χ1) is 10.8. The number of hydrogen-bond donors (Lipinski definition) is 0. The first kappa shape index (κ1) is 14.4. The molecule has 0 atom stereocenters. The van der Waals surface area contributed by atoms with Gasteiger partial charge in [0.25, 0.3) is 0 Å². The van der Waals surface area contributed by atoms with Crippen molar-refractivity contribution in [3.8, 4) is 5.75 Å². The molecule has 0 aliphatic carbocycles. The Morgan fingerprint density at radius 1 is 1.32 bits per heavy atom. The fourth-order valence-corrected chi connectivity index (χ4v) is 2.49. The van der Waals surface area contributed by atoms with Crippen molar-refractivity contribution in [2.45, 2.75) is 26.6 Å². The van der Waals surface area contributed by atoms with Crippen molar-refractivity contribution in [3.05, 3.63) is 47.8 Å². The Morgan fingerprint density at radius 2 is 2.18 bits per heavy atom. The van der Waals surface area contributed by atoms with E-state index in [1.807, 2.05) is 42.1 Å². The van der Waals surface area contributed by atoms with Crippen LogP contribution in [0.25, 0.3) is 0 Å². The minimum atomic E-state index is -0.264. The number of fused-ring (bicyclic) bond motifs is 1. The van der Waals surface area contributed by atoms with E-state index in [0.717, 1.165) is 16.9 Å². The number of carbonyl (C=O) groups is 1. The molecule has 22 heavy (non-hydrogen) atoms. The summed E-state index contributed by atoms with van der Waals surface area (Å²) in [4.78, 5) is 13.5. The van der Waals surface area contributed by atoms with Crippen molar-refractivity contribution in [2.24, 2.45) is 0 Å². The number of amides is 1. The van der Waals surface area contributed by atoms with Gasteiger partial charge in [0, 0.05) is 25.5 Å². The van der Waals surface area contributed by atoms with Gasteiger partial charge in [-0.25, -0.2) is 4.79 Å². The molecule has 0 saturated carbocycles. The zero-order valence-corrected chi connectivity index (χ0v) is 12.6. The smallest absolute Gasteiger partial charge is 0.410 e. The lowest BCUT2D eigenvalue weighted by atomic mass is 10.1. The van der Waals surface area contributed by atoms with E-state index in [1.54, 1.807) is 11.1 Å². The molecular formula is C16H19N3O3. The second-order valence-electron chi connectivity index (χ2n) is 5.10. The highest BCUT2D eigenvalue weighted by atomic mass is 16.6. The van der Waals surface area contributed by atoms with Gasteiger partial charge in [0.15, 0.2) is 0 Å². The second kappa shape index (κ2) is 6.51. The van der Waals surface area contributed by atoms with Crippen LogP contribution in [0, 0.1) is 0 Å². The highest BCUT2D eigenvalue weighted by molar-refractivity contribution is 5.69. The largest absolute Gasteiger partial charge is 0.492 e. The van der Waals surface area contributed by atoms with Crippen molar-refractivity contribution in [1.29, 1.82) is 0 Å². The van der Waals surface area contributed by atoms with Gasteiger partial charge in [-0.3, -0.25) is 9.58 Å². The molecule has 0 fully saturated rings. The van der Waals surface area contributed by atoms with Crippen LogP contribution in [0.2, 0.25) is 0 Å². The Hall–Kier alpha value is -2.50. The molecule has 6 heteroatoms. The van der Waals surface area contributed by atoms with Gasteiger partial charge in [0.1, 0.15) is 12.4 Å².